The summed E-state index contributed by atoms with van der Waals surface area (Å²) in [6.07, 6.45) is 1.36. The molecule has 0 unspecified atom stereocenters. The Morgan fingerprint density at radius 2 is 1.62 bits per heavy atom. The second-order valence-corrected chi connectivity index (χ2v) is 7.38. The lowest BCUT2D eigenvalue weighted by molar-refractivity contribution is -0.118. The molecule has 0 saturated heterocycles. The van der Waals surface area contributed by atoms with Crippen molar-refractivity contribution in [2.75, 3.05) is 14.2 Å². The minimum atomic E-state index is -0.504. The molecule has 32 heavy (non-hydrogen) atoms. The Bertz CT molecular complexity index is 1230. The van der Waals surface area contributed by atoms with Crippen molar-refractivity contribution >= 4 is 28.8 Å². The maximum Gasteiger partial charge on any atom is 0.268 e. The maximum atomic E-state index is 12.7. The number of aromatic nitrogens is 1. The van der Waals surface area contributed by atoms with Gasteiger partial charge in [0, 0.05) is 23.2 Å². The fourth-order valence-electron chi connectivity index (χ4n) is 3.02. The van der Waals surface area contributed by atoms with Crippen molar-refractivity contribution in [3.8, 4) is 11.5 Å². The van der Waals surface area contributed by atoms with Crippen LogP contribution in [0.1, 0.15) is 29.8 Å². The van der Waals surface area contributed by atoms with Gasteiger partial charge in [0.05, 0.1) is 19.7 Å². The van der Waals surface area contributed by atoms with Gasteiger partial charge in [-0.1, -0.05) is 0 Å². The molecule has 3 rings (SSSR count). The number of H-pyrrole nitrogens is 1. The third kappa shape index (κ3) is 5.34. The number of nitrogens with one attached hydrogen (secondary N) is 3. The van der Waals surface area contributed by atoms with Crippen molar-refractivity contribution in [3.05, 3.63) is 75.7 Å². The number of carbonyl (C=O) groups excluding carboxylic acids is 2. The normalized spacial score (nSPS) is 11.3. The van der Waals surface area contributed by atoms with E-state index in [1.807, 2.05) is 0 Å². The molecular weight excluding hydrogens is 410 g/mol. The van der Waals surface area contributed by atoms with Crippen LogP contribution < -0.4 is 25.7 Å². The number of hydrogen-bond acceptors (Lipinski definition) is 5. The first-order valence-corrected chi connectivity index (χ1v) is 9.99. The fraction of sp³-hybridized carbons (Fsp3) is 0.208. The van der Waals surface area contributed by atoms with Crippen LogP contribution in [0.3, 0.4) is 0 Å². The van der Waals surface area contributed by atoms with Gasteiger partial charge in [-0.05, 0) is 67.8 Å². The number of fused-ring (bicyclic) bond motifs is 1. The third-order valence-electron chi connectivity index (χ3n) is 4.65. The van der Waals surface area contributed by atoms with Crippen LogP contribution in [0.15, 0.2) is 59.0 Å². The molecule has 1 aromatic heterocycles. The molecule has 0 aliphatic rings. The van der Waals surface area contributed by atoms with Gasteiger partial charge in [0.25, 0.3) is 17.4 Å². The van der Waals surface area contributed by atoms with E-state index in [-0.39, 0.29) is 17.3 Å². The Hall–Kier alpha value is -4.07. The van der Waals surface area contributed by atoms with Gasteiger partial charge < -0.3 is 25.1 Å². The van der Waals surface area contributed by atoms with Crippen LogP contribution in [0.4, 0.5) is 0 Å². The van der Waals surface area contributed by atoms with Crippen molar-refractivity contribution in [3.63, 3.8) is 0 Å². The van der Waals surface area contributed by atoms with Gasteiger partial charge in [-0.15, -0.1) is 0 Å². The highest BCUT2D eigenvalue weighted by Crippen LogP contribution is 2.19. The van der Waals surface area contributed by atoms with E-state index in [2.05, 4.69) is 15.6 Å². The smallest absolute Gasteiger partial charge is 0.268 e. The van der Waals surface area contributed by atoms with Crippen LogP contribution in [-0.4, -0.2) is 37.1 Å². The minimum Gasteiger partial charge on any atom is -0.497 e. The average Bonchev–Trinajstić information content (AvgIpc) is 2.78. The van der Waals surface area contributed by atoms with Crippen molar-refractivity contribution in [2.24, 2.45) is 0 Å². The summed E-state index contributed by atoms with van der Waals surface area (Å²) in [4.78, 5) is 40.9. The zero-order valence-electron chi connectivity index (χ0n) is 18.3. The molecule has 0 spiro atoms. The molecule has 0 fully saturated rings. The molecule has 0 saturated carbocycles. The second-order valence-electron chi connectivity index (χ2n) is 7.38. The molecule has 8 nitrogen and oxygen atoms in total. The van der Waals surface area contributed by atoms with Crippen molar-refractivity contribution < 1.29 is 19.1 Å². The summed E-state index contributed by atoms with van der Waals surface area (Å²) >= 11 is 0. The monoisotopic (exact) mass is 435 g/mol. The number of benzene rings is 2. The standard InChI is InChI=1S/C24H25N3O5/c1-14(2)25-24(30)21(27-22(28)15-5-8-18(31-3)9-6-15)12-17-11-16-7-10-19(32-4)13-20(16)26-23(17)29/h5-14H,1-4H3,(H,25,30)(H,26,29)(H,27,28). The van der Waals surface area contributed by atoms with E-state index in [1.54, 1.807) is 69.5 Å². The summed E-state index contributed by atoms with van der Waals surface area (Å²) in [5.41, 5.74) is 0.722. The zero-order valence-corrected chi connectivity index (χ0v) is 18.3. The highest BCUT2D eigenvalue weighted by molar-refractivity contribution is 6.05. The van der Waals surface area contributed by atoms with Crippen molar-refractivity contribution in [1.82, 2.24) is 15.6 Å². The number of methoxy groups -OCH3 is 2. The van der Waals surface area contributed by atoms with E-state index in [0.29, 0.717) is 22.6 Å². The zero-order chi connectivity index (χ0) is 23.3. The summed E-state index contributed by atoms with van der Waals surface area (Å²) in [7, 11) is 3.07. The molecule has 3 N–H and O–H groups in total. The predicted molar refractivity (Wildman–Crippen MR) is 123 cm³/mol. The van der Waals surface area contributed by atoms with Gasteiger partial charge in [0.1, 0.15) is 17.2 Å². The van der Waals surface area contributed by atoms with Crippen LogP contribution in [-0.2, 0) is 4.79 Å². The Balaban J connectivity index is 1.99. The first-order chi connectivity index (χ1) is 15.3. The van der Waals surface area contributed by atoms with Gasteiger partial charge in [-0.3, -0.25) is 14.4 Å². The first-order valence-electron chi connectivity index (χ1n) is 9.99. The van der Waals surface area contributed by atoms with Crippen LogP contribution in [0.25, 0.3) is 17.0 Å². The highest BCUT2D eigenvalue weighted by Gasteiger charge is 2.16. The average molecular weight is 435 g/mol. The molecule has 1 heterocycles. The van der Waals surface area contributed by atoms with Gasteiger partial charge in [-0.2, -0.15) is 0 Å². The number of amides is 2. The summed E-state index contributed by atoms with van der Waals surface area (Å²) in [6, 6.07) is 13.2. The molecule has 0 bridgehead atoms. The van der Waals surface area contributed by atoms with Crippen LogP contribution in [0.5, 0.6) is 11.5 Å². The Morgan fingerprint density at radius 3 is 2.25 bits per heavy atom. The quantitative estimate of drug-likeness (QED) is 0.495. The summed E-state index contributed by atoms with van der Waals surface area (Å²) < 4.78 is 10.3. The first kappa shape index (κ1) is 22.6. The van der Waals surface area contributed by atoms with E-state index in [1.165, 1.54) is 13.2 Å². The molecule has 8 heteroatoms. The number of ether oxygens (including phenoxy) is 2. The van der Waals surface area contributed by atoms with Gasteiger partial charge in [0.2, 0.25) is 0 Å². The topological polar surface area (TPSA) is 110 Å². The molecule has 0 aliphatic carbocycles. The highest BCUT2D eigenvalue weighted by atomic mass is 16.5. The fourth-order valence-corrected chi connectivity index (χ4v) is 3.02. The van der Waals surface area contributed by atoms with E-state index in [0.717, 1.165) is 5.39 Å². The van der Waals surface area contributed by atoms with E-state index < -0.39 is 17.4 Å². The van der Waals surface area contributed by atoms with Crippen LogP contribution in [0.2, 0.25) is 0 Å². The molecule has 3 aromatic rings. The summed E-state index contributed by atoms with van der Waals surface area (Å²) in [5.74, 6) is 0.227. The number of hydrogen-bond donors (Lipinski definition) is 3. The number of rotatable bonds is 7. The van der Waals surface area contributed by atoms with Gasteiger partial charge in [0.15, 0.2) is 0 Å². The molecule has 0 atom stereocenters. The molecule has 2 amide bonds. The maximum absolute atomic E-state index is 12.7. The Morgan fingerprint density at radius 1 is 0.969 bits per heavy atom. The minimum absolute atomic E-state index is 0.0436. The molecule has 2 aromatic carbocycles. The molecule has 0 radical (unpaired) electrons. The Labute approximate surface area is 185 Å². The van der Waals surface area contributed by atoms with E-state index in [4.69, 9.17) is 9.47 Å². The Kier molecular flexibility index (Phi) is 6.94. The lowest BCUT2D eigenvalue weighted by Gasteiger charge is -2.13. The lowest BCUT2D eigenvalue weighted by atomic mass is 10.1. The largest absolute Gasteiger partial charge is 0.497 e. The number of carbonyl (C=O) groups is 2. The summed E-state index contributed by atoms with van der Waals surface area (Å²) in [6.45, 7) is 3.61. The second kappa shape index (κ2) is 9.82. The van der Waals surface area contributed by atoms with Crippen molar-refractivity contribution in [2.45, 2.75) is 19.9 Å². The molecule has 166 valence electrons. The predicted octanol–water partition coefficient (Wildman–Crippen LogP) is 2.84. The number of pyridine rings is 1. The van der Waals surface area contributed by atoms with Gasteiger partial charge in [-0.25, -0.2) is 0 Å². The SMILES string of the molecule is COc1ccc(C(=O)NC(=Cc2cc3ccc(OC)cc3[nH]c2=O)C(=O)NC(C)C)cc1. The van der Waals surface area contributed by atoms with Gasteiger partial charge >= 0.3 is 0 Å². The van der Waals surface area contributed by atoms with Crippen LogP contribution in [0, 0.1) is 0 Å². The molecular formula is C24H25N3O5. The molecule has 0 aliphatic heterocycles. The third-order valence-corrected chi connectivity index (χ3v) is 4.65. The van der Waals surface area contributed by atoms with E-state index >= 15 is 0 Å². The lowest BCUT2D eigenvalue weighted by Crippen LogP contribution is -2.38. The number of aromatic amines is 1. The van der Waals surface area contributed by atoms with E-state index in [9.17, 15) is 14.4 Å². The van der Waals surface area contributed by atoms with Crippen LogP contribution >= 0.6 is 0 Å². The summed E-state index contributed by atoms with van der Waals surface area (Å²) in [5, 5.41) is 6.11. The van der Waals surface area contributed by atoms with Crippen molar-refractivity contribution in [1.29, 1.82) is 0 Å².